The van der Waals surface area contributed by atoms with Crippen LogP contribution in [0.25, 0.3) is 0 Å². The first-order valence-corrected chi connectivity index (χ1v) is 5.35. The molecule has 1 unspecified atom stereocenters. The van der Waals surface area contributed by atoms with Gasteiger partial charge in [-0.05, 0) is 6.07 Å². The van der Waals surface area contributed by atoms with E-state index in [1.165, 1.54) is 12.1 Å². The Kier molecular flexibility index (Phi) is 2.17. The number of hydrogen-bond acceptors (Lipinski definition) is 5. The zero-order chi connectivity index (χ0) is 12.9. The van der Waals surface area contributed by atoms with Crippen molar-refractivity contribution in [3.8, 4) is 0 Å². The number of nitro benzene ring substituents is 1. The third-order valence-electron chi connectivity index (χ3n) is 3.02. The Morgan fingerprint density at radius 1 is 1.39 bits per heavy atom. The minimum atomic E-state index is -0.575. The molecule has 3 rings (SSSR count). The normalized spacial score (nSPS) is 20.6. The molecule has 2 amide bonds. The average molecular weight is 248 g/mol. The fourth-order valence-corrected chi connectivity index (χ4v) is 2.11. The van der Waals surface area contributed by atoms with E-state index < -0.39 is 16.7 Å². The van der Waals surface area contributed by atoms with Crippen LogP contribution in [0, 0.1) is 10.1 Å². The van der Waals surface area contributed by atoms with Crippen molar-refractivity contribution in [2.75, 3.05) is 6.61 Å². The summed E-state index contributed by atoms with van der Waals surface area (Å²) in [6.45, 7) is 0.524. The first-order chi connectivity index (χ1) is 8.58. The predicted octanol–water partition coefficient (Wildman–Crippen LogP) is 0.420. The van der Waals surface area contributed by atoms with E-state index in [1.807, 2.05) is 0 Å². The summed E-state index contributed by atoms with van der Waals surface area (Å²) in [5.41, 5.74) is 0.448. The molecule has 1 saturated heterocycles. The number of nitro groups is 1. The minimum Gasteiger partial charge on any atom is -0.373 e. The van der Waals surface area contributed by atoms with Crippen molar-refractivity contribution in [1.82, 2.24) is 5.32 Å². The summed E-state index contributed by atoms with van der Waals surface area (Å²) >= 11 is 0. The van der Waals surface area contributed by atoms with Crippen LogP contribution in [-0.2, 0) is 11.2 Å². The Morgan fingerprint density at radius 2 is 2.11 bits per heavy atom. The zero-order valence-corrected chi connectivity index (χ0v) is 9.13. The third kappa shape index (κ3) is 1.56. The number of nitrogens with one attached hydrogen (secondary N) is 1. The molecule has 0 radical (unpaired) electrons. The van der Waals surface area contributed by atoms with Crippen LogP contribution >= 0.6 is 0 Å². The van der Waals surface area contributed by atoms with E-state index in [-0.39, 0.29) is 34.9 Å². The maximum Gasteiger partial charge on any atom is 0.273 e. The molecule has 1 aromatic rings. The number of epoxide rings is 1. The number of ether oxygens (including phenoxy) is 1. The largest absolute Gasteiger partial charge is 0.373 e. The molecule has 1 atom stereocenters. The standard InChI is InChI=1S/C11H8N2O5/c14-10-6-1-2-8(13(16)17)7(3-5-4-18-5)9(6)11(15)12-10/h1-2,5H,3-4H2,(H,12,14,15). The lowest BCUT2D eigenvalue weighted by atomic mass is 9.97. The molecular formula is C11H8N2O5. The highest BCUT2D eigenvalue weighted by Gasteiger charge is 2.36. The Hall–Kier alpha value is -2.28. The second-order valence-corrected chi connectivity index (χ2v) is 4.19. The molecule has 7 nitrogen and oxygen atoms in total. The number of rotatable bonds is 3. The third-order valence-corrected chi connectivity index (χ3v) is 3.02. The van der Waals surface area contributed by atoms with Gasteiger partial charge in [0.2, 0.25) is 0 Å². The number of carbonyl (C=O) groups is 2. The summed E-state index contributed by atoms with van der Waals surface area (Å²) in [6, 6.07) is 2.57. The predicted molar refractivity (Wildman–Crippen MR) is 58.3 cm³/mol. The first-order valence-electron chi connectivity index (χ1n) is 5.35. The highest BCUT2D eigenvalue weighted by molar-refractivity contribution is 6.22. The summed E-state index contributed by atoms with van der Waals surface area (Å²) in [5.74, 6) is -1.09. The highest BCUT2D eigenvalue weighted by Crippen LogP contribution is 2.31. The molecule has 2 aliphatic rings. The molecule has 7 heteroatoms. The van der Waals surface area contributed by atoms with Crippen LogP contribution < -0.4 is 5.32 Å². The van der Waals surface area contributed by atoms with Crippen molar-refractivity contribution in [2.24, 2.45) is 0 Å². The summed E-state index contributed by atoms with van der Waals surface area (Å²) in [5, 5.41) is 13.1. The van der Waals surface area contributed by atoms with Gasteiger partial charge in [-0.2, -0.15) is 0 Å². The molecule has 0 aliphatic carbocycles. The van der Waals surface area contributed by atoms with E-state index in [0.717, 1.165) is 0 Å². The summed E-state index contributed by atoms with van der Waals surface area (Å²) in [7, 11) is 0. The molecule has 92 valence electrons. The van der Waals surface area contributed by atoms with Gasteiger partial charge in [-0.25, -0.2) is 0 Å². The van der Waals surface area contributed by atoms with Gasteiger partial charge in [-0.3, -0.25) is 25.0 Å². The van der Waals surface area contributed by atoms with Crippen LogP contribution in [0.5, 0.6) is 0 Å². The number of amides is 2. The van der Waals surface area contributed by atoms with Crippen LogP contribution in [-0.4, -0.2) is 29.4 Å². The van der Waals surface area contributed by atoms with Crippen molar-refractivity contribution in [3.63, 3.8) is 0 Å². The van der Waals surface area contributed by atoms with Crippen LogP contribution in [0.1, 0.15) is 26.3 Å². The summed E-state index contributed by atoms with van der Waals surface area (Å²) < 4.78 is 5.03. The minimum absolute atomic E-state index is 0.0984. The highest BCUT2D eigenvalue weighted by atomic mass is 16.6. The number of hydrogen-bond donors (Lipinski definition) is 1. The smallest absolute Gasteiger partial charge is 0.273 e. The van der Waals surface area contributed by atoms with E-state index in [1.54, 1.807) is 0 Å². The second kappa shape index (κ2) is 3.61. The zero-order valence-electron chi connectivity index (χ0n) is 9.13. The fraction of sp³-hybridized carbons (Fsp3) is 0.273. The molecule has 18 heavy (non-hydrogen) atoms. The van der Waals surface area contributed by atoms with E-state index >= 15 is 0 Å². The fourth-order valence-electron chi connectivity index (χ4n) is 2.11. The molecule has 2 aliphatic heterocycles. The molecule has 1 N–H and O–H groups in total. The van der Waals surface area contributed by atoms with Gasteiger partial charge in [0, 0.05) is 18.1 Å². The Morgan fingerprint density at radius 3 is 2.72 bits per heavy atom. The van der Waals surface area contributed by atoms with Crippen LogP contribution in [0.3, 0.4) is 0 Å². The van der Waals surface area contributed by atoms with Gasteiger partial charge in [0.05, 0.1) is 28.8 Å². The van der Waals surface area contributed by atoms with Crippen LogP contribution in [0.2, 0.25) is 0 Å². The SMILES string of the molecule is O=C1NC(=O)c2c1ccc([N+](=O)[O-])c2CC1CO1. The number of fused-ring (bicyclic) bond motifs is 1. The Balaban J connectivity index is 2.19. The molecule has 2 heterocycles. The molecule has 0 saturated carbocycles. The van der Waals surface area contributed by atoms with Gasteiger partial charge < -0.3 is 4.74 Å². The maximum atomic E-state index is 11.7. The van der Waals surface area contributed by atoms with E-state index in [4.69, 9.17) is 4.74 Å². The quantitative estimate of drug-likeness (QED) is 0.361. The van der Waals surface area contributed by atoms with Crippen molar-refractivity contribution in [3.05, 3.63) is 38.9 Å². The van der Waals surface area contributed by atoms with Crippen molar-refractivity contribution in [1.29, 1.82) is 0 Å². The topological polar surface area (TPSA) is 102 Å². The lowest BCUT2D eigenvalue weighted by molar-refractivity contribution is -0.385. The summed E-state index contributed by atoms with van der Waals surface area (Å²) in [6.07, 6.45) is 0.180. The van der Waals surface area contributed by atoms with E-state index in [0.29, 0.717) is 6.61 Å². The number of nitrogens with zero attached hydrogens (tertiary/aromatic N) is 1. The van der Waals surface area contributed by atoms with Gasteiger partial charge in [-0.1, -0.05) is 0 Å². The second-order valence-electron chi connectivity index (χ2n) is 4.19. The lowest BCUT2D eigenvalue weighted by Gasteiger charge is -2.05. The Labute approximate surface area is 101 Å². The van der Waals surface area contributed by atoms with Gasteiger partial charge in [0.1, 0.15) is 0 Å². The molecule has 0 spiro atoms. The van der Waals surface area contributed by atoms with Crippen molar-refractivity contribution < 1.29 is 19.2 Å². The number of carbonyl (C=O) groups excluding carboxylic acids is 2. The van der Waals surface area contributed by atoms with Crippen LogP contribution in [0.15, 0.2) is 12.1 Å². The maximum absolute atomic E-state index is 11.7. The van der Waals surface area contributed by atoms with Gasteiger partial charge in [-0.15, -0.1) is 0 Å². The molecule has 0 bridgehead atoms. The molecule has 1 fully saturated rings. The van der Waals surface area contributed by atoms with E-state index in [2.05, 4.69) is 5.32 Å². The monoisotopic (exact) mass is 248 g/mol. The molecular weight excluding hydrogens is 240 g/mol. The lowest BCUT2D eigenvalue weighted by Crippen LogP contribution is -2.20. The number of benzene rings is 1. The van der Waals surface area contributed by atoms with Crippen molar-refractivity contribution >= 4 is 17.5 Å². The van der Waals surface area contributed by atoms with Crippen molar-refractivity contribution in [2.45, 2.75) is 12.5 Å². The van der Waals surface area contributed by atoms with Crippen LogP contribution in [0.4, 0.5) is 5.69 Å². The molecule has 1 aromatic carbocycles. The number of imide groups is 1. The Bertz CT molecular complexity index is 591. The van der Waals surface area contributed by atoms with Gasteiger partial charge in [0.25, 0.3) is 17.5 Å². The van der Waals surface area contributed by atoms with Gasteiger partial charge >= 0.3 is 0 Å². The first kappa shape index (κ1) is 10.8. The van der Waals surface area contributed by atoms with E-state index in [9.17, 15) is 19.7 Å². The summed E-state index contributed by atoms with van der Waals surface area (Å²) in [4.78, 5) is 33.6. The van der Waals surface area contributed by atoms with Gasteiger partial charge in [0.15, 0.2) is 0 Å². The average Bonchev–Trinajstić information content (AvgIpc) is 3.06. The molecule has 0 aromatic heterocycles.